The zero-order chi connectivity index (χ0) is 11.5. The molecule has 0 aliphatic carbocycles. The van der Waals surface area contributed by atoms with Crippen LogP contribution in [0.25, 0.3) is 0 Å². The van der Waals surface area contributed by atoms with Crippen LogP contribution in [0.1, 0.15) is 12.0 Å². The predicted octanol–water partition coefficient (Wildman–Crippen LogP) is 1.72. The van der Waals surface area contributed by atoms with Crippen molar-refractivity contribution in [1.29, 1.82) is 5.26 Å². The van der Waals surface area contributed by atoms with Crippen molar-refractivity contribution in [3.05, 3.63) is 23.8 Å². The second-order valence-corrected chi connectivity index (χ2v) is 3.75. The van der Waals surface area contributed by atoms with E-state index in [1.807, 2.05) is 24.3 Å². The first kappa shape index (κ1) is 10.5. The molecule has 1 N–H and O–H groups in total. The maximum atomic E-state index is 11.7. The summed E-state index contributed by atoms with van der Waals surface area (Å²) in [4.78, 5) is 11.7. The van der Waals surface area contributed by atoms with Crippen LogP contribution in [0.2, 0.25) is 0 Å². The molecule has 2 rings (SSSR count). The third-order valence-electron chi connectivity index (χ3n) is 2.76. The highest BCUT2D eigenvalue weighted by Gasteiger charge is 2.27. The molecule has 0 fully saturated rings. The third-order valence-corrected chi connectivity index (χ3v) is 2.76. The highest BCUT2D eigenvalue weighted by atomic mass is 16.5. The quantitative estimate of drug-likeness (QED) is 0.818. The summed E-state index contributed by atoms with van der Waals surface area (Å²) in [5, 5.41) is 11.4. The molecule has 1 aliphatic rings. The minimum atomic E-state index is -0.246. The maximum Gasteiger partial charge on any atom is 0.228 e. The molecular formula is C12H12N2O2. The number of ether oxygens (including phenoxy) is 1. The van der Waals surface area contributed by atoms with Gasteiger partial charge in [0, 0.05) is 6.42 Å². The van der Waals surface area contributed by atoms with Crippen molar-refractivity contribution in [2.45, 2.75) is 12.8 Å². The largest absolute Gasteiger partial charge is 0.495 e. The Bertz CT molecular complexity index is 463. The van der Waals surface area contributed by atoms with Gasteiger partial charge in [0.15, 0.2) is 0 Å². The number of anilines is 1. The molecule has 1 aliphatic heterocycles. The fraction of sp³-hybridized carbons (Fsp3) is 0.333. The Morgan fingerprint density at radius 3 is 3.12 bits per heavy atom. The molecule has 16 heavy (non-hydrogen) atoms. The van der Waals surface area contributed by atoms with Crippen molar-refractivity contribution in [3.8, 4) is 11.8 Å². The molecule has 1 amide bonds. The van der Waals surface area contributed by atoms with E-state index in [9.17, 15) is 4.79 Å². The van der Waals surface area contributed by atoms with Gasteiger partial charge in [0.1, 0.15) is 5.75 Å². The average Bonchev–Trinajstić information content (AvgIpc) is 2.30. The molecule has 0 saturated carbocycles. The second kappa shape index (κ2) is 4.23. The number of hydrogen-bond acceptors (Lipinski definition) is 3. The van der Waals surface area contributed by atoms with Crippen molar-refractivity contribution in [2.75, 3.05) is 12.4 Å². The van der Waals surface area contributed by atoms with E-state index in [0.29, 0.717) is 12.2 Å². The lowest BCUT2D eigenvalue weighted by molar-refractivity contribution is -0.120. The van der Waals surface area contributed by atoms with E-state index in [1.54, 1.807) is 7.11 Å². The molecule has 0 radical (unpaired) electrons. The summed E-state index contributed by atoms with van der Waals surface area (Å²) in [6, 6.07) is 7.68. The van der Waals surface area contributed by atoms with Crippen LogP contribution >= 0.6 is 0 Å². The van der Waals surface area contributed by atoms with E-state index in [-0.39, 0.29) is 18.2 Å². The van der Waals surface area contributed by atoms with Gasteiger partial charge in [-0.05, 0) is 18.1 Å². The van der Waals surface area contributed by atoms with E-state index in [2.05, 4.69) is 5.32 Å². The molecule has 4 heteroatoms. The van der Waals surface area contributed by atoms with Gasteiger partial charge >= 0.3 is 0 Å². The normalized spacial score (nSPS) is 18.2. The number of carbonyl (C=O) groups excluding carboxylic acids is 1. The summed E-state index contributed by atoms with van der Waals surface area (Å²) in [6.45, 7) is 0. The van der Waals surface area contributed by atoms with Gasteiger partial charge in [-0.1, -0.05) is 12.1 Å². The SMILES string of the molecule is COc1cccc2c1NC(=O)C(CC#N)C2. The number of nitrogens with zero attached hydrogens (tertiary/aromatic N) is 1. The first-order valence-electron chi connectivity index (χ1n) is 5.10. The Morgan fingerprint density at radius 1 is 1.62 bits per heavy atom. The average molecular weight is 216 g/mol. The first-order valence-corrected chi connectivity index (χ1v) is 5.10. The zero-order valence-corrected chi connectivity index (χ0v) is 8.99. The van der Waals surface area contributed by atoms with Crippen molar-refractivity contribution in [1.82, 2.24) is 0 Å². The monoisotopic (exact) mass is 216 g/mol. The summed E-state index contributed by atoms with van der Waals surface area (Å²) >= 11 is 0. The van der Waals surface area contributed by atoms with Crippen molar-refractivity contribution in [3.63, 3.8) is 0 Å². The number of methoxy groups -OCH3 is 1. The molecule has 1 aromatic carbocycles. The fourth-order valence-corrected chi connectivity index (χ4v) is 1.92. The summed E-state index contributed by atoms with van der Waals surface area (Å²) < 4.78 is 5.18. The predicted molar refractivity (Wildman–Crippen MR) is 59.0 cm³/mol. The lowest BCUT2D eigenvalue weighted by Gasteiger charge is -2.24. The van der Waals surface area contributed by atoms with Gasteiger partial charge in [0.05, 0.1) is 24.8 Å². The fourth-order valence-electron chi connectivity index (χ4n) is 1.92. The summed E-state index contributed by atoms with van der Waals surface area (Å²) in [7, 11) is 1.57. The number of nitrogens with one attached hydrogen (secondary N) is 1. The molecule has 1 aromatic rings. The molecule has 82 valence electrons. The van der Waals surface area contributed by atoms with E-state index in [0.717, 1.165) is 11.3 Å². The first-order chi connectivity index (χ1) is 7.76. The van der Waals surface area contributed by atoms with Gasteiger partial charge in [-0.2, -0.15) is 5.26 Å². The van der Waals surface area contributed by atoms with Gasteiger partial charge < -0.3 is 10.1 Å². The minimum absolute atomic E-state index is 0.0986. The van der Waals surface area contributed by atoms with Gasteiger partial charge in [-0.25, -0.2) is 0 Å². The van der Waals surface area contributed by atoms with E-state index in [4.69, 9.17) is 10.00 Å². The van der Waals surface area contributed by atoms with Gasteiger partial charge in [0.25, 0.3) is 0 Å². The lowest BCUT2D eigenvalue weighted by atomic mass is 9.91. The number of rotatable bonds is 2. The number of fused-ring (bicyclic) bond motifs is 1. The molecule has 1 heterocycles. The molecule has 0 saturated heterocycles. The Kier molecular flexibility index (Phi) is 2.78. The van der Waals surface area contributed by atoms with E-state index in [1.165, 1.54) is 0 Å². The highest BCUT2D eigenvalue weighted by molar-refractivity contribution is 5.97. The van der Waals surface area contributed by atoms with E-state index < -0.39 is 0 Å². The number of hydrogen-bond donors (Lipinski definition) is 1. The van der Waals surface area contributed by atoms with Crippen LogP contribution in [-0.4, -0.2) is 13.0 Å². The Labute approximate surface area is 93.8 Å². The van der Waals surface area contributed by atoms with Crippen molar-refractivity contribution < 1.29 is 9.53 Å². The van der Waals surface area contributed by atoms with E-state index >= 15 is 0 Å². The Balaban J connectivity index is 2.35. The number of nitriles is 1. The van der Waals surface area contributed by atoms with Crippen molar-refractivity contribution >= 4 is 11.6 Å². The lowest BCUT2D eigenvalue weighted by Crippen LogP contribution is -2.29. The second-order valence-electron chi connectivity index (χ2n) is 3.75. The molecule has 0 bridgehead atoms. The number of para-hydroxylation sites is 1. The molecule has 1 atom stereocenters. The van der Waals surface area contributed by atoms with Crippen LogP contribution in [0.4, 0.5) is 5.69 Å². The van der Waals surface area contributed by atoms with Gasteiger partial charge in [-0.15, -0.1) is 0 Å². The van der Waals surface area contributed by atoms with Crippen LogP contribution in [0.15, 0.2) is 18.2 Å². The molecule has 1 unspecified atom stereocenters. The standard InChI is InChI=1S/C12H12N2O2/c1-16-10-4-2-3-8-7-9(5-6-13)12(15)14-11(8)10/h2-4,9H,5,7H2,1H3,(H,14,15). The Hall–Kier alpha value is -2.02. The number of carbonyl (C=O) groups is 1. The van der Waals surface area contributed by atoms with Crippen LogP contribution < -0.4 is 10.1 Å². The summed E-state index contributed by atoms with van der Waals surface area (Å²) in [5.74, 6) is 0.324. The van der Waals surface area contributed by atoms with Gasteiger partial charge in [-0.3, -0.25) is 4.79 Å². The number of amides is 1. The summed E-state index contributed by atoms with van der Waals surface area (Å²) in [6.07, 6.45) is 0.856. The summed E-state index contributed by atoms with van der Waals surface area (Å²) in [5.41, 5.74) is 1.77. The number of benzene rings is 1. The minimum Gasteiger partial charge on any atom is -0.495 e. The Morgan fingerprint density at radius 2 is 2.44 bits per heavy atom. The smallest absolute Gasteiger partial charge is 0.228 e. The highest BCUT2D eigenvalue weighted by Crippen LogP contribution is 2.34. The van der Waals surface area contributed by atoms with Gasteiger partial charge in [0.2, 0.25) is 5.91 Å². The van der Waals surface area contributed by atoms with Crippen LogP contribution in [0.5, 0.6) is 5.75 Å². The topological polar surface area (TPSA) is 62.1 Å². The molecular weight excluding hydrogens is 204 g/mol. The zero-order valence-electron chi connectivity index (χ0n) is 8.99. The van der Waals surface area contributed by atoms with Crippen molar-refractivity contribution in [2.24, 2.45) is 5.92 Å². The third kappa shape index (κ3) is 1.72. The molecule has 4 nitrogen and oxygen atoms in total. The van der Waals surface area contributed by atoms with Crippen LogP contribution in [0.3, 0.4) is 0 Å². The molecule has 0 spiro atoms. The van der Waals surface area contributed by atoms with Crippen LogP contribution in [0, 0.1) is 17.2 Å². The molecule has 0 aromatic heterocycles. The maximum absolute atomic E-state index is 11.7. The van der Waals surface area contributed by atoms with Crippen LogP contribution in [-0.2, 0) is 11.2 Å².